The van der Waals surface area contributed by atoms with Gasteiger partial charge in [0.2, 0.25) is 5.91 Å². The monoisotopic (exact) mass is 265 g/mol. The van der Waals surface area contributed by atoms with Crippen molar-refractivity contribution >= 4 is 5.91 Å². The van der Waals surface area contributed by atoms with E-state index in [-0.39, 0.29) is 17.9 Å². The third kappa shape index (κ3) is 2.79. The van der Waals surface area contributed by atoms with Gasteiger partial charge in [0.15, 0.2) is 0 Å². The van der Waals surface area contributed by atoms with Crippen molar-refractivity contribution in [2.75, 3.05) is 13.1 Å². The molecule has 3 rings (SSSR count). The first kappa shape index (κ1) is 13.4. The number of amides is 1. The minimum atomic E-state index is 0.0537. The lowest BCUT2D eigenvalue weighted by molar-refractivity contribution is -0.126. The van der Waals surface area contributed by atoms with Crippen molar-refractivity contribution in [3.8, 4) is 0 Å². The minimum Gasteiger partial charge on any atom is -0.351 e. The van der Waals surface area contributed by atoms with Gasteiger partial charge in [0.25, 0.3) is 0 Å². The molecule has 0 spiro atoms. The highest BCUT2D eigenvalue weighted by Gasteiger charge is 2.39. The van der Waals surface area contributed by atoms with Crippen molar-refractivity contribution in [3.63, 3.8) is 0 Å². The third-order valence-corrected chi connectivity index (χ3v) is 5.34. The van der Waals surface area contributed by atoms with Gasteiger partial charge in [-0.3, -0.25) is 9.69 Å². The Morgan fingerprint density at radius 2 is 1.84 bits per heavy atom. The van der Waals surface area contributed by atoms with Crippen LogP contribution in [0.15, 0.2) is 0 Å². The largest absolute Gasteiger partial charge is 0.351 e. The molecular formula is C15H27N3O. The average Bonchev–Trinajstić information content (AvgIpc) is 2.92. The summed E-state index contributed by atoms with van der Waals surface area (Å²) in [5.41, 5.74) is 6.19. The maximum absolute atomic E-state index is 12.5. The Morgan fingerprint density at radius 1 is 1.00 bits per heavy atom. The second kappa shape index (κ2) is 5.80. The van der Waals surface area contributed by atoms with Gasteiger partial charge in [-0.1, -0.05) is 19.3 Å². The van der Waals surface area contributed by atoms with Gasteiger partial charge in [0.1, 0.15) is 0 Å². The van der Waals surface area contributed by atoms with Crippen molar-refractivity contribution in [2.24, 2.45) is 11.7 Å². The van der Waals surface area contributed by atoms with E-state index < -0.39 is 0 Å². The highest BCUT2D eigenvalue weighted by Crippen LogP contribution is 2.29. The predicted molar refractivity (Wildman–Crippen MR) is 75.7 cm³/mol. The molecule has 3 N–H and O–H groups in total. The molecule has 4 atom stereocenters. The highest BCUT2D eigenvalue weighted by atomic mass is 16.2. The van der Waals surface area contributed by atoms with Crippen LogP contribution in [0.3, 0.4) is 0 Å². The number of hydrogen-bond acceptors (Lipinski definition) is 3. The molecule has 3 aliphatic rings. The molecule has 4 nitrogen and oxygen atoms in total. The Bertz CT molecular complexity index is 333. The number of hydrogen-bond donors (Lipinski definition) is 2. The first-order valence-electron chi connectivity index (χ1n) is 8.06. The molecule has 19 heavy (non-hydrogen) atoms. The number of rotatable bonds is 2. The van der Waals surface area contributed by atoms with Crippen molar-refractivity contribution in [1.82, 2.24) is 10.2 Å². The quantitative estimate of drug-likeness (QED) is 0.739. The molecule has 1 aliphatic carbocycles. The molecule has 3 fully saturated rings. The normalized spacial score (nSPS) is 39.8. The van der Waals surface area contributed by atoms with Crippen LogP contribution in [0.1, 0.15) is 51.4 Å². The molecule has 1 saturated carbocycles. The van der Waals surface area contributed by atoms with Crippen molar-refractivity contribution in [1.29, 1.82) is 0 Å². The van der Waals surface area contributed by atoms with E-state index in [0.717, 1.165) is 32.2 Å². The predicted octanol–water partition coefficient (Wildman–Crippen LogP) is 1.25. The van der Waals surface area contributed by atoms with Crippen LogP contribution in [0, 0.1) is 5.92 Å². The minimum absolute atomic E-state index is 0.0537. The number of carbonyl (C=O) groups is 1. The molecule has 0 aromatic rings. The molecule has 0 aromatic carbocycles. The van der Waals surface area contributed by atoms with E-state index in [4.69, 9.17) is 5.73 Å². The molecule has 4 unspecified atom stereocenters. The van der Waals surface area contributed by atoms with Gasteiger partial charge in [-0.15, -0.1) is 0 Å². The Labute approximate surface area is 116 Å². The van der Waals surface area contributed by atoms with Crippen molar-refractivity contribution < 1.29 is 4.79 Å². The summed E-state index contributed by atoms with van der Waals surface area (Å²) in [5.74, 6) is 0.283. The van der Waals surface area contributed by atoms with Crippen LogP contribution in [0.2, 0.25) is 0 Å². The fourth-order valence-electron chi connectivity index (χ4n) is 4.20. The number of nitrogens with one attached hydrogen (secondary N) is 1. The fraction of sp³-hybridized carbons (Fsp3) is 0.933. The van der Waals surface area contributed by atoms with Crippen molar-refractivity contribution in [3.05, 3.63) is 0 Å². The SMILES string of the molecule is NC1CCCCCC1C(=O)NC1CCN2CCCC12. The Hall–Kier alpha value is -0.610. The lowest BCUT2D eigenvalue weighted by Gasteiger charge is -2.26. The molecule has 4 heteroatoms. The van der Waals surface area contributed by atoms with Crippen LogP contribution in [0.5, 0.6) is 0 Å². The molecule has 108 valence electrons. The molecule has 2 heterocycles. The second-order valence-corrected chi connectivity index (χ2v) is 6.56. The number of carbonyl (C=O) groups excluding carboxylic acids is 1. The van der Waals surface area contributed by atoms with Crippen LogP contribution >= 0.6 is 0 Å². The van der Waals surface area contributed by atoms with Gasteiger partial charge in [-0.25, -0.2) is 0 Å². The van der Waals surface area contributed by atoms with Crippen LogP contribution < -0.4 is 11.1 Å². The molecule has 1 amide bonds. The van der Waals surface area contributed by atoms with E-state index in [1.807, 2.05) is 0 Å². The van der Waals surface area contributed by atoms with E-state index in [0.29, 0.717) is 12.1 Å². The molecule has 0 radical (unpaired) electrons. The summed E-state index contributed by atoms with van der Waals surface area (Å²) in [7, 11) is 0. The third-order valence-electron chi connectivity index (χ3n) is 5.34. The standard InChI is InChI=1S/C15H27N3O/c16-12-6-3-1-2-5-11(12)15(19)17-13-8-10-18-9-4-7-14(13)18/h11-14H,1-10,16H2,(H,17,19). The second-order valence-electron chi connectivity index (χ2n) is 6.56. The molecule has 0 aromatic heterocycles. The van der Waals surface area contributed by atoms with Crippen LogP contribution in [0.25, 0.3) is 0 Å². The van der Waals surface area contributed by atoms with E-state index in [1.54, 1.807) is 0 Å². The molecule has 2 aliphatic heterocycles. The summed E-state index contributed by atoms with van der Waals surface area (Å²) in [6.07, 6.45) is 9.24. The summed E-state index contributed by atoms with van der Waals surface area (Å²) in [6.45, 7) is 2.38. The number of nitrogens with zero attached hydrogens (tertiary/aromatic N) is 1. The van der Waals surface area contributed by atoms with Crippen LogP contribution in [-0.2, 0) is 4.79 Å². The lowest BCUT2D eigenvalue weighted by atomic mass is 9.93. The van der Waals surface area contributed by atoms with E-state index in [9.17, 15) is 4.79 Å². The van der Waals surface area contributed by atoms with Crippen LogP contribution in [-0.4, -0.2) is 42.0 Å². The summed E-state index contributed by atoms with van der Waals surface area (Å²) in [6, 6.07) is 1.06. The van der Waals surface area contributed by atoms with Gasteiger partial charge < -0.3 is 11.1 Å². The number of fused-ring (bicyclic) bond motifs is 1. The maximum Gasteiger partial charge on any atom is 0.224 e. The topological polar surface area (TPSA) is 58.4 Å². The van der Waals surface area contributed by atoms with Crippen molar-refractivity contribution in [2.45, 2.75) is 69.5 Å². The average molecular weight is 265 g/mol. The summed E-state index contributed by atoms with van der Waals surface area (Å²) >= 11 is 0. The Kier molecular flexibility index (Phi) is 4.08. The van der Waals surface area contributed by atoms with Gasteiger partial charge >= 0.3 is 0 Å². The molecule has 0 bridgehead atoms. The van der Waals surface area contributed by atoms with E-state index >= 15 is 0 Å². The van der Waals surface area contributed by atoms with E-state index in [1.165, 1.54) is 32.2 Å². The smallest absolute Gasteiger partial charge is 0.224 e. The zero-order valence-electron chi connectivity index (χ0n) is 11.8. The Morgan fingerprint density at radius 3 is 2.74 bits per heavy atom. The summed E-state index contributed by atoms with van der Waals surface area (Å²) in [4.78, 5) is 15.0. The molecule has 2 saturated heterocycles. The van der Waals surface area contributed by atoms with Gasteiger partial charge in [0.05, 0.1) is 5.92 Å². The van der Waals surface area contributed by atoms with Crippen LogP contribution in [0.4, 0.5) is 0 Å². The zero-order chi connectivity index (χ0) is 13.2. The lowest BCUT2D eigenvalue weighted by Crippen LogP contribution is -2.48. The fourth-order valence-corrected chi connectivity index (χ4v) is 4.20. The summed E-state index contributed by atoms with van der Waals surface area (Å²) < 4.78 is 0. The van der Waals surface area contributed by atoms with Gasteiger partial charge in [-0.2, -0.15) is 0 Å². The van der Waals surface area contributed by atoms with Gasteiger partial charge in [-0.05, 0) is 38.6 Å². The number of nitrogens with two attached hydrogens (primary N) is 1. The molecular weight excluding hydrogens is 238 g/mol. The first-order valence-corrected chi connectivity index (χ1v) is 8.06. The van der Waals surface area contributed by atoms with E-state index in [2.05, 4.69) is 10.2 Å². The first-order chi connectivity index (χ1) is 9.25. The zero-order valence-corrected chi connectivity index (χ0v) is 11.8. The highest BCUT2D eigenvalue weighted by molar-refractivity contribution is 5.79. The maximum atomic E-state index is 12.5. The van der Waals surface area contributed by atoms with Gasteiger partial charge in [0, 0.05) is 24.7 Å². The Balaban J connectivity index is 1.58. The summed E-state index contributed by atoms with van der Waals surface area (Å²) in [5, 5.41) is 3.32.